The predicted molar refractivity (Wildman–Crippen MR) is 90.9 cm³/mol. The van der Waals surface area contributed by atoms with Crippen molar-refractivity contribution in [3.05, 3.63) is 53.2 Å². The van der Waals surface area contributed by atoms with E-state index in [4.69, 9.17) is 0 Å². The Bertz CT molecular complexity index is 777. The molecule has 1 aromatic heterocycles. The van der Waals surface area contributed by atoms with E-state index in [0.717, 1.165) is 18.9 Å². The molecule has 138 valence electrons. The Hall–Kier alpha value is -2.64. The topological polar surface area (TPSA) is 66.9 Å². The van der Waals surface area contributed by atoms with Gasteiger partial charge in [-0.3, -0.25) is 4.79 Å². The van der Waals surface area contributed by atoms with Crippen LogP contribution in [-0.4, -0.2) is 29.2 Å². The minimum Gasteiger partial charge on any atom is -0.365 e. The number of carbonyl (C=O) groups excluding carboxylic acids is 1. The Morgan fingerprint density at radius 2 is 1.88 bits per heavy atom. The lowest BCUT2D eigenvalue weighted by Gasteiger charge is -2.24. The molecular formula is C18H19F3N4O. The fourth-order valence-corrected chi connectivity index (χ4v) is 3.43. The molecule has 0 aliphatic heterocycles. The Morgan fingerprint density at radius 3 is 2.54 bits per heavy atom. The van der Waals surface area contributed by atoms with Gasteiger partial charge in [-0.15, -0.1) is 10.2 Å². The van der Waals surface area contributed by atoms with Gasteiger partial charge in [-0.25, -0.2) is 0 Å². The number of rotatable bonds is 4. The molecule has 0 spiro atoms. The zero-order chi connectivity index (χ0) is 18.7. The van der Waals surface area contributed by atoms with E-state index in [2.05, 4.69) is 20.8 Å². The van der Waals surface area contributed by atoms with Crippen LogP contribution < -0.4 is 10.6 Å². The number of nitrogens with one attached hydrogen (secondary N) is 2. The SMILES string of the molecule is CNC(=O)c1ccc(NC2CCCC2c2ccccc2C(F)(F)F)nn1. The summed E-state index contributed by atoms with van der Waals surface area (Å²) in [5, 5.41) is 13.4. The van der Waals surface area contributed by atoms with Crippen LogP contribution in [0.25, 0.3) is 0 Å². The highest BCUT2D eigenvalue weighted by Crippen LogP contribution is 2.42. The van der Waals surface area contributed by atoms with E-state index >= 15 is 0 Å². The third kappa shape index (κ3) is 3.79. The number of aromatic nitrogens is 2. The standard InChI is InChI=1S/C18H19F3N4O/c1-22-17(26)15-9-10-16(25-24-15)23-14-8-4-6-12(14)11-5-2-3-7-13(11)18(19,20)21/h2-3,5,7,9-10,12,14H,4,6,8H2,1H3,(H,22,26)(H,23,25). The average molecular weight is 364 g/mol. The first kappa shape index (κ1) is 18.2. The van der Waals surface area contributed by atoms with Gasteiger partial charge in [-0.05, 0) is 36.6 Å². The molecule has 1 heterocycles. The van der Waals surface area contributed by atoms with Crippen molar-refractivity contribution in [2.75, 3.05) is 12.4 Å². The summed E-state index contributed by atoms with van der Waals surface area (Å²) in [5.41, 5.74) is -0.0897. The molecule has 26 heavy (non-hydrogen) atoms. The molecule has 1 saturated carbocycles. The van der Waals surface area contributed by atoms with Crippen LogP contribution in [-0.2, 0) is 6.18 Å². The minimum atomic E-state index is -4.38. The molecule has 5 nitrogen and oxygen atoms in total. The van der Waals surface area contributed by atoms with E-state index < -0.39 is 11.7 Å². The highest BCUT2D eigenvalue weighted by molar-refractivity contribution is 5.91. The highest BCUT2D eigenvalue weighted by atomic mass is 19.4. The summed E-state index contributed by atoms with van der Waals surface area (Å²) in [6.45, 7) is 0. The van der Waals surface area contributed by atoms with Gasteiger partial charge in [0.25, 0.3) is 5.91 Å². The van der Waals surface area contributed by atoms with Crippen molar-refractivity contribution in [2.24, 2.45) is 0 Å². The average Bonchev–Trinajstić information content (AvgIpc) is 3.09. The second-order valence-corrected chi connectivity index (χ2v) is 6.26. The van der Waals surface area contributed by atoms with E-state index in [-0.39, 0.29) is 23.6 Å². The Kier molecular flexibility index (Phi) is 5.11. The smallest absolute Gasteiger partial charge is 0.365 e. The van der Waals surface area contributed by atoms with Gasteiger partial charge in [-0.1, -0.05) is 24.6 Å². The van der Waals surface area contributed by atoms with Crippen molar-refractivity contribution < 1.29 is 18.0 Å². The van der Waals surface area contributed by atoms with Gasteiger partial charge in [0.15, 0.2) is 5.69 Å². The molecule has 1 amide bonds. The summed E-state index contributed by atoms with van der Waals surface area (Å²) in [5.74, 6) is -0.158. The normalized spacial score (nSPS) is 20.0. The van der Waals surface area contributed by atoms with Gasteiger partial charge in [0.2, 0.25) is 0 Å². The summed E-state index contributed by atoms with van der Waals surface area (Å²) >= 11 is 0. The van der Waals surface area contributed by atoms with Crippen LogP contribution in [0.15, 0.2) is 36.4 Å². The zero-order valence-electron chi connectivity index (χ0n) is 14.2. The molecule has 1 aliphatic carbocycles. The number of hydrogen-bond acceptors (Lipinski definition) is 4. The fourth-order valence-electron chi connectivity index (χ4n) is 3.43. The minimum absolute atomic E-state index is 0.168. The number of amides is 1. The van der Waals surface area contributed by atoms with Crippen molar-refractivity contribution in [3.8, 4) is 0 Å². The Labute approximate surface area is 149 Å². The van der Waals surface area contributed by atoms with Gasteiger partial charge < -0.3 is 10.6 Å². The van der Waals surface area contributed by atoms with E-state index in [1.807, 2.05) is 0 Å². The molecule has 0 saturated heterocycles. The number of alkyl halides is 3. The van der Waals surface area contributed by atoms with Crippen LogP contribution in [0.2, 0.25) is 0 Å². The summed E-state index contributed by atoms with van der Waals surface area (Å²) in [4.78, 5) is 11.5. The van der Waals surface area contributed by atoms with Crippen LogP contribution in [0.5, 0.6) is 0 Å². The number of carbonyl (C=O) groups is 1. The van der Waals surface area contributed by atoms with Crippen LogP contribution in [0.3, 0.4) is 0 Å². The molecule has 3 rings (SSSR count). The van der Waals surface area contributed by atoms with Crippen LogP contribution in [0, 0.1) is 0 Å². The molecular weight excluding hydrogens is 345 g/mol. The number of nitrogens with zero attached hydrogens (tertiary/aromatic N) is 2. The maximum atomic E-state index is 13.3. The molecule has 0 radical (unpaired) electrons. The molecule has 1 fully saturated rings. The van der Waals surface area contributed by atoms with Crippen molar-refractivity contribution in [2.45, 2.75) is 37.4 Å². The van der Waals surface area contributed by atoms with Crippen LogP contribution >= 0.6 is 0 Å². The third-order valence-corrected chi connectivity index (χ3v) is 4.64. The molecule has 0 bridgehead atoms. The lowest BCUT2D eigenvalue weighted by molar-refractivity contribution is -0.138. The number of anilines is 1. The first-order valence-corrected chi connectivity index (χ1v) is 8.38. The molecule has 2 aromatic rings. The quantitative estimate of drug-likeness (QED) is 0.870. The van der Waals surface area contributed by atoms with Gasteiger partial charge in [-0.2, -0.15) is 13.2 Å². The molecule has 1 aromatic carbocycles. The number of hydrogen-bond donors (Lipinski definition) is 2. The zero-order valence-corrected chi connectivity index (χ0v) is 14.2. The van der Waals surface area contributed by atoms with E-state index in [0.29, 0.717) is 17.8 Å². The van der Waals surface area contributed by atoms with Crippen molar-refractivity contribution in [3.63, 3.8) is 0 Å². The lowest BCUT2D eigenvalue weighted by atomic mass is 9.90. The second kappa shape index (κ2) is 7.31. The summed E-state index contributed by atoms with van der Waals surface area (Å²) < 4.78 is 40.0. The molecule has 2 atom stereocenters. The highest BCUT2D eigenvalue weighted by Gasteiger charge is 2.38. The number of benzene rings is 1. The maximum absolute atomic E-state index is 13.3. The Balaban J connectivity index is 1.80. The summed E-state index contributed by atoms with van der Waals surface area (Å²) in [7, 11) is 1.50. The largest absolute Gasteiger partial charge is 0.416 e. The molecule has 1 aliphatic rings. The first-order valence-electron chi connectivity index (χ1n) is 8.38. The number of halogens is 3. The fraction of sp³-hybridized carbons (Fsp3) is 0.389. The van der Waals surface area contributed by atoms with E-state index in [1.54, 1.807) is 18.2 Å². The van der Waals surface area contributed by atoms with Crippen LogP contribution in [0.1, 0.15) is 46.8 Å². The lowest BCUT2D eigenvalue weighted by Crippen LogP contribution is -2.26. The van der Waals surface area contributed by atoms with Gasteiger partial charge in [0, 0.05) is 19.0 Å². The van der Waals surface area contributed by atoms with Crippen molar-refractivity contribution in [1.82, 2.24) is 15.5 Å². The molecule has 8 heteroatoms. The van der Waals surface area contributed by atoms with Gasteiger partial charge in [0.05, 0.1) is 5.56 Å². The van der Waals surface area contributed by atoms with Crippen LogP contribution in [0.4, 0.5) is 19.0 Å². The summed E-state index contributed by atoms with van der Waals surface area (Å²) in [6.07, 6.45) is -2.12. The van der Waals surface area contributed by atoms with E-state index in [9.17, 15) is 18.0 Å². The predicted octanol–water partition coefficient (Wildman–Crippen LogP) is 3.60. The Morgan fingerprint density at radius 1 is 1.12 bits per heavy atom. The maximum Gasteiger partial charge on any atom is 0.416 e. The first-order chi connectivity index (χ1) is 12.4. The monoisotopic (exact) mass is 364 g/mol. The third-order valence-electron chi connectivity index (χ3n) is 4.64. The van der Waals surface area contributed by atoms with Crippen molar-refractivity contribution in [1.29, 1.82) is 0 Å². The van der Waals surface area contributed by atoms with E-state index in [1.165, 1.54) is 19.2 Å². The van der Waals surface area contributed by atoms with Gasteiger partial charge in [0.1, 0.15) is 5.82 Å². The summed E-state index contributed by atoms with van der Waals surface area (Å²) in [6, 6.07) is 8.70. The molecule has 2 N–H and O–H groups in total. The molecule has 2 unspecified atom stereocenters. The second-order valence-electron chi connectivity index (χ2n) is 6.26. The van der Waals surface area contributed by atoms with Crippen molar-refractivity contribution >= 4 is 11.7 Å². The van der Waals surface area contributed by atoms with Gasteiger partial charge >= 0.3 is 6.18 Å².